The smallest absolute Gasteiger partial charge is 0.00137 e. The number of rotatable bonds is 2. The lowest BCUT2D eigenvalue weighted by Crippen LogP contribution is -1.92. The minimum Gasteiger partial charge on any atom is -0.0622 e. The molecular formula is C32H20. The highest BCUT2D eigenvalue weighted by atomic mass is 14.2. The van der Waals surface area contributed by atoms with Gasteiger partial charge in [0.05, 0.1) is 0 Å². The van der Waals surface area contributed by atoms with Crippen LogP contribution in [0.25, 0.3) is 65.3 Å². The van der Waals surface area contributed by atoms with E-state index in [1.54, 1.807) is 0 Å². The highest BCUT2D eigenvalue weighted by Gasteiger charge is 2.19. The van der Waals surface area contributed by atoms with Gasteiger partial charge in [-0.2, -0.15) is 0 Å². The fourth-order valence-corrected chi connectivity index (χ4v) is 5.45. The fraction of sp³-hybridized carbons (Fsp3) is 0. The van der Waals surface area contributed by atoms with Crippen LogP contribution in [0.1, 0.15) is 0 Å². The van der Waals surface area contributed by atoms with Crippen LogP contribution in [0.5, 0.6) is 0 Å². The Bertz CT molecular complexity index is 1740. The van der Waals surface area contributed by atoms with Gasteiger partial charge in [0.2, 0.25) is 0 Å². The van der Waals surface area contributed by atoms with Gasteiger partial charge in [-0.3, -0.25) is 0 Å². The van der Waals surface area contributed by atoms with E-state index in [2.05, 4.69) is 121 Å². The first kappa shape index (κ1) is 17.5. The van der Waals surface area contributed by atoms with Crippen molar-refractivity contribution < 1.29 is 0 Å². The van der Waals surface area contributed by atoms with Crippen molar-refractivity contribution in [3.8, 4) is 22.3 Å². The zero-order chi connectivity index (χ0) is 21.1. The van der Waals surface area contributed by atoms with E-state index in [9.17, 15) is 0 Å². The van der Waals surface area contributed by atoms with E-state index >= 15 is 0 Å². The molecule has 0 nitrogen and oxygen atoms in total. The SMILES string of the molecule is c1ccc(-c2cc(-c3ccccc3)c3c4cccc5cccc(c6cccc2c63)c54)cc1. The molecule has 0 fully saturated rings. The summed E-state index contributed by atoms with van der Waals surface area (Å²) in [7, 11) is 0. The van der Waals surface area contributed by atoms with Gasteiger partial charge in [-0.05, 0) is 71.4 Å². The van der Waals surface area contributed by atoms with E-state index in [1.807, 2.05) is 0 Å². The van der Waals surface area contributed by atoms with Gasteiger partial charge < -0.3 is 0 Å². The Labute approximate surface area is 186 Å². The van der Waals surface area contributed by atoms with Gasteiger partial charge in [0, 0.05) is 0 Å². The van der Waals surface area contributed by atoms with Crippen LogP contribution in [-0.4, -0.2) is 0 Å². The van der Waals surface area contributed by atoms with Crippen molar-refractivity contribution in [2.45, 2.75) is 0 Å². The first-order valence-electron chi connectivity index (χ1n) is 11.1. The third-order valence-corrected chi connectivity index (χ3v) is 6.80. The van der Waals surface area contributed by atoms with Gasteiger partial charge in [-0.15, -0.1) is 0 Å². The van der Waals surface area contributed by atoms with Gasteiger partial charge in [-0.1, -0.05) is 115 Å². The van der Waals surface area contributed by atoms with E-state index in [-0.39, 0.29) is 0 Å². The Morgan fingerprint density at radius 2 is 0.844 bits per heavy atom. The monoisotopic (exact) mass is 404 g/mol. The highest BCUT2D eigenvalue weighted by Crippen LogP contribution is 2.47. The summed E-state index contributed by atoms with van der Waals surface area (Å²) in [5, 5.41) is 10.7. The molecule has 0 bridgehead atoms. The van der Waals surface area contributed by atoms with Crippen molar-refractivity contribution in [1.82, 2.24) is 0 Å². The van der Waals surface area contributed by atoms with Crippen LogP contribution in [0.4, 0.5) is 0 Å². The molecule has 0 spiro atoms. The summed E-state index contributed by atoms with van der Waals surface area (Å²) in [6.07, 6.45) is 0. The molecule has 32 heavy (non-hydrogen) atoms. The number of fused-ring (bicyclic) bond motifs is 2. The summed E-state index contributed by atoms with van der Waals surface area (Å²) >= 11 is 0. The van der Waals surface area contributed by atoms with Crippen molar-refractivity contribution >= 4 is 43.1 Å². The summed E-state index contributed by atoms with van der Waals surface area (Å²) in [5.74, 6) is 0. The molecule has 7 aromatic carbocycles. The summed E-state index contributed by atoms with van der Waals surface area (Å²) < 4.78 is 0. The zero-order valence-corrected chi connectivity index (χ0v) is 17.5. The van der Waals surface area contributed by atoms with Crippen LogP contribution in [0.3, 0.4) is 0 Å². The van der Waals surface area contributed by atoms with Crippen molar-refractivity contribution in [3.05, 3.63) is 121 Å². The van der Waals surface area contributed by atoms with Gasteiger partial charge in [0.25, 0.3) is 0 Å². The minimum atomic E-state index is 1.26. The molecule has 0 saturated carbocycles. The predicted octanol–water partition coefficient (Wildman–Crippen LogP) is 9.07. The van der Waals surface area contributed by atoms with Crippen LogP contribution in [0.2, 0.25) is 0 Å². The molecule has 7 rings (SSSR count). The van der Waals surface area contributed by atoms with E-state index in [1.165, 1.54) is 65.3 Å². The molecular weight excluding hydrogens is 384 g/mol. The molecule has 0 amide bonds. The van der Waals surface area contributed by atoms with Crippen molar-refractivity contribution in [2.75, 3.05) is 0 Å². The Kier molecular flexibility index (Phi) is 3.65. The lowest BCUT2D eigenvalue weighted by atomic mass is 9.83. The van der Waals surface area contributed by atoms with Gasteiger partial charge in [0.1, 0.15) is 0 Å². The summed E-state index contributed by atoms with van der Waals surface area (Å²) in [6, 6.07) is 44.2. The molecule has 0 aromatic heterocycles. The van der Waals surface area contributed by atoms with E-state index in [0.29, 0.717) is 0 Å². The quantitative estimate of drug-likeness (QED) is 0.199. The van der Waals surface area contributed by atoms with Crippen LogP contribution in [-0.2, 0) is 0 Å². The van der Waals surface area contributed by atoms with Crippen LogP contribution < -0.4 is 0 Å². The second-order valence-electron chi connectivity index (χ2n) is 8.52. The minimum absolute atomic E-state index is 1.26. The summed E-state index contributed by atoms with van der Waals surface area (Å²) in [6.45, 7) is 0. The maximum absolute atomic E-state index is 2.40. The van der Waals surface area contributed by atoms with Crippen LogP contribution in [0.15, 0.2) is 121 Å². The molecule has 0 atom stereocenters. The molecule has 0 unspecified atom stereocenters. The molecule has 0 heteroatoms. The summed E-state index contributed by atoms with van der Waals surface area (Å²) in [5.41, 5.74) is 5.10. The number of hydrogen-bond donors (Lipinski definition) is 0. The van der Waals surface area contributed by atoms with E-state index in [0.717, 1.165) is 0 Å². The molecule has 0 aliphatic carbocycles. The summed E-state index contributed by atoms with van der Waals surface area (Å²) in [4.78, 5) is 0. The van der Waals surface area contributed by atoms with Crippen molar-refractivity contribution in [1.29, 1.82) is 0 Å². The normalized spacial score (nSPS) is 11.8. The fourth-order valence-electron chi connectivity index (χ4n) is 5.45. The lowest BCUT2D eigenvalue weighted by molar-refractivity contribution is 1.64. The number of benzene rings is 7. The first-order valence-corrected chi connectivity index (χ1v) is 11.1. The predicted molar refractivity (Wildman–Crippen MR) is 139 cm³/mol. The number of hydrogen-bond acceptors (Lipinski definition) is 0. The largest absolute Gasteiger partial charge is 0.0622 e. The maximum atomic E-state index is 2.40. The lowest BCUT2D eigenvalue weighted by Gasteiger charge is -2.20. The molecule has 0 aliphatic rings. The zero-order valence-electron chi connectivity index (χ0n) is 17.5. The van der Waals surface area contributed by atoms with Crippen LogP contribution >= 0.6 is 0 Å². The molecule has 0 saturated heterocycles. The average Bonchev–Trinajstić information content (AvgIpc) is 2.87. The van der Waals surface area contributed by atoms with E-state index < -0.39 is 0 Å². The third-order valence-electron chi connectivity index (χ3n) is 6.80. The molecule has 7 aromatic rings. The molecule has 0 N–H and O–H groups in total. The molecule has 0 heterocycles. The molecule has 0 radical (unpaired) electrons. The molecule has 148 valence electrons. The van der Waals surface area contributed by atoms with Gasteiger partial charge in [-0.25, -0.2) is 0 Å². The van der Waals surface area contributed by atoms with Crippen molar-refractivity contribution in [2.24, 2.45) is 0 Å². The molecule has 0 aliphatic heterocycles. The highest BCUT2D eigenvalue weighted by molar-refractivity contribution is 6.36. The third kappa shape index (κ3) is 2.38. The standard InChI is InChI=1S/C32H20/c1-3-10-21(11-4-1)28-20-29(22-12-5-2-6-13-22)32-27-19-8-15-23-14-7-16-24(30(23)27)25-17-9-18-26(28)31(25)32/h1-20H. The van der Waals surface area contributed by atoms with Gasteiger partial charge >= 0.3 is 0 Å². The second kappa shape index (κ2) is 6.67. The second-order valence-corrected chi connectivity index (χ2v) is 8.52. The average molecular weight is 405 g/mol. The maximum Gasteiger partial charge on any atom is -0.00137 e. The van der Waals surface area contributed by atoms with Gasteiger partial charge in [0.15, 0.2) is 0 Å². The Hall–Kier alpha value is -4.16. The Balaban J connectivity index is 1.81. The first-order chi connectivity index (χ1) is 15.9. The van der Waals surface area contributed by atoms with Crippen molar-refractivity contribution in [3.63, 3.8) is 0 Å². The van der Waals surface area contributed by atoms with Crippen LogP contribution in [0, 0.1) is 0 Å². The Morgan fingerprint density at radius 3 is 1.53 bits per heavy atom. The van der Waals surface area contributed by atoms with E-state index in [4.69, 9.17) is 0 Å². The topological polar surface area (TPSA) is 0 Å². The Morgan fingerprint density at radius 1 is 0.312 bits per heavy atom.